The summed E-state index contributed by atoms with van der Waals surface area (Å²) in [4.78, 5) is 11.6. The van der Waals surface area contributed by atoms with Crippen molar-refractivity contribution in [1.29, 1.82) is 0 Å². The summed E-state index contributed by atoms with van der Waals surface area (Å²) in [5.41, 5.74) is 4.98. The number of rotatable bonds is 9. The van der Waals surface area contributed by atoms with Crippen LogP contribution in [0, 0.1) is 5.92 Å². The standard InChI is InChI=1S/C14H29NO3/c1-6-17-13(16)14(5,15)10-12(4)18-9-7-8-11(2)3/h11-12H,6-10,15H2,1-5H3. The van der Waals surface area contributed by atoms with Crippen molar-refractivity contribution in [2.45, 2.75) is 65.5 Å². The van der Waals surface area contributed by atoms with Crippen molar-refractivity contribution in [3.05, 3.63) is 0 Å². The largest absolute Gasteiger partial charge is 0.465 e. The molecule has 0 aromatic heterocycles. The van der Waals surface area contributed by atoms with Crippen LogP contribution in [0.2, 0.25) is 0 Å². The van der Waals surface area contributed by atoms with Gasteiger partial charge in [-0.05, 0) is 39.5 Å². The first kappa shape index (κ1) is 17.4. The summed E-state index contributed by atoms with van der Waals surface area (Å²) in [6.07, 6.45) is 2.65. The molecule has 0 aliphatic rings. The predicted molar refractivity (Wildman–Crippen MR) is 73.3 cm³/mol. The van der Waals surface area contributed by atoms with Crippen LogP contribution in [-0.4, -0.2) is 30.8 Å². The SMILES string of the molecule is CCOC(=O)C(C)(N)CC(C)OCCCC(C)C. The van der Waals surface area contributed by atoms with Crippen LogP contribution < -0.4 is 5.73 Å². The van der Waals surface area contributed by atoms with E-state index >= 15 is 0 Å². The van der Waals surface area contributed by atoms with Gasteiger partial charge >= 0.3 is 5.97 Å². The molecule has 0 amide bonds. The normalized spacial score (nSPS) is 16.4. The van der Waals surface area contributed by atoms with E-state index in [-0.39, 0.29) is 12.1 Å². The minimum Gasteiger partial charge on any atom is -0.465 e. The fraction of sp³-hybridized carbons (Fsp3) is 0.929. The molecule has 2 N–H and O–H groups in total. The van der Waals surface area contributed by atoms with E-state index in [2.05, 4.69) is 13.8 Å². The lowest BCUT2D eigenvalue weighted by molar-refractivity contribution is -0.150. The van der Waals surface area contributed by atoms with Gasteiger partial charge in [0.25, 0.3) is 0 Å². The van der Waals surface area contributed by atoms with Gasteiger partial charge in [0, 0.05) is 13.0 Å². The Morgan fingerprint density at radius 1 is 1.33 bits per heavy atom. The minimum absolute atomic E-state index is 0.0310. The Bertz CT molecular complexity index is 239. The first-order chi connectivity index (χ1) is 8.29. The number of hydrogen-bond acceptors (Lipinski definition) is 4. The van der Waals surface area contributed by atoms with E-state index in [4.69, 9.17) is 15.2 Å². The van der Waals surface area contributed by atoms with Gasteiger partial charge in [-0.1, -0.05) is 13.8 Å². The van der Waals surface area contributed by atoms with Gasteiger partial charge in [-0.3, -0.25) is 4.79 Å². The van der Waals surface area contributed by atoms with Crippen molar-refractivity contribution in [3.8, 4) is 0 Å². The molecule has 0 heterocycles. The summed E-state index contributed by atoms with van der Waals surface area (Å²) in [5.74, 6) is 0.339. The Morgan fingerprint density at radius 2 is 1.94 bits per heavy atom. The smallest absolute Gasteiger partial charge is 0.325 e. The maximum absolute atomic E-state index is 11.6. The molecule has 0 fully saturated rings. The summed E-state index contributed by atoms with van der Waals surface area (Å²) in [6.45, 7) is 10.9. The van der Waals surface area contributed by atoms with Crippen LogP contribution in [0.4, 0.5) is 0 Å². The summed E-state index contributed by atoms with van der Waals surface area (Å²) in [5, 5.41) is 0. The third-order valence-electron chi connectivity index (χ3n) is 2.78. The van der Waals surface area contributed by atoms with Crippen molar-refractivity contribution in [3.63, 3.8) is 0 Å². The number of carbonyl (C=O) groups excluding carboxylic acids is 1. The molecule has 18 heavy (non-hydrogen) atoms. The van der Waals surface area contributed by atoms with Crippen LogP contribution in [0.15, 0.2) is 0 Å². The number of hydrogen-bond donors (Lipinski definition) is 1. The van der Waals surface area contributed by atoms with Gasteiger partial charge in [-0.25, -0.2) is 0 Å². The topological polar surface area (TPSA) is 61.5 Å². The lowest BCUT2D eigenvalue weighted by Crippen LogP contribution is -2.48. The quantitative estimate of drug-likeness (QED) is 0.510. The van der Waals surface area contributed by atoms with Crippen molar-refractivity contribution in [2.75, 3.05) is 13.2 Å². The van der Waals surface area contributed by atoms with Crippen molar-refractivity contribution in [2.24, 2.45) is 11.7 Å². The number of ether oxygens (including phenoxy) is 2. The summed E-state index contributed by atoms with van der Waals surface area (Å²) in [7, 11) is 0. The fourth-order valence-corrected chi connectivity index (χ4v) is 1.81. The fourth-order valence-electron chi connectivity index (χ4n) is 1.81. The van der Waals surface area contributed by atoms with Crippen LogP contribution in [0.3, 0.4) is 0 Å². The van der Waals surface area contributed by atoms with E-state index < -0.39 is 5.54 Å². The first-order valence-corrected chi connectivity index (χ1v) is 6.87. The molecule has 0 radical (unpaired) electrons. The summed E-state index contributed by atoms with van der Waals surface area (Å²) in [6, 6.07) is 0. The third-order valence-corrected chi connectivity index (χ3v) is 2.78. The molecular formula is C14H29NO3. The molecule has 0 saturated carbocycles. The second-order valence-corrected chi connectivity index (χ2v) is 5.56. The first-order valence-electron chi connectivity index (χ1n) is 6.87. The Labute approximate surface area is 111 Å². The number of carbonyl (C=O) groups is 1. The molecule has 2 atom stereocenters. The average molecular weight is 259 g/mol. The molecule has 0 aliphatic heterocycles. The van der Waals surface area contributed by atoms with Crippen LogP contribution in [0.25, 0.3) is 0 Å². The van der Waals surface area contributed by atoms with Crippen LogP contribution >= 0.6 is 0 Å². The van der Waals surface area contributed by atoms with Gasteiger partial charge in [-0.15, -0.1) is 0 Å². The molecule has 0 aliphatic carbocycles. The highest BCUT2D eigenvalue weighted by atomic mass is 16.5. The maximum atomic E-state index is 11.6. The molecule has 0 saturated heterocycles. The second-order valence-electron chi connectivity index (χ2n) is 5.56. The van der Waals surface area contributed by atoms with Gasteiger partial charge in [0.1, 0.15) is 5.54 Å². The predicted octanol–water partition coefficient (Wildman–Crippen LogP) is 2.50. The van der Waals surface area contributed by atoms with E-state index in [0.717, 1.165) is 19.4 Å². The highest BCUT2D eigenvalue weighted by Gasteiger charge is 2.32. The van der Waals surface area contributed by atoms with Crippen LogP contribution in [0.5, 0.6) is 0 Å². The monoisotopic (exact) mass is 259 g/mol. The zero-order valence-corrected chi connectivity index (χ0v) is 12.5. The summed E-state index contributed by atoms with van der Waals surface area (Å²) >= 11 is 0. The minimum atomic E-state index is -0.965. The molecule has 4 heteroatoms. The molecule has 0 spiro atoms. The number of nitrogens with two attached hydrogens (primary N) is 1. The highest BCUT2D eigenvalue weighted by Crippen LogP contribution is 2.14. The van der Waals surface area contributed by atoms with Gasteiger partial charge in [-0.2, -0.15) is 0 Å². The number of esters is 1. The van der Waals surface area contributed by atoms with E-state index in [1.165, 1.54) is 0 Å². The Kier molecular flexibility index (Phi) is 8.20. The molecule has 0 bridgehead atoms. The van der Waals surface area contributed by atoms with Crippen LogP contribution in [0.1, 0.15) is 53.9 Å². The van der Waals surface area contributed by atoms with E-state index in [1.807, 2.05) is 6.92 Å². The van der Waals surface area contributed by atoms with Gasteiger partial charge in [0.2, 0.25) is 0 Å². The summed E-state index contributed by atoms with van der Waals surface area (Å²) < 4.78 is 10.6. The molecule has 0 aromatic rings. The lowest BCUT2D eigenvalue weighted by atomic mass is 9.96. The Balaban J connectivity index is 3.91. The van der Waals surface area contributed by atoms with Crippen molar-refractivity contribution < 1.29 is 14.3 Å². The van der Waals surface area contributed by atoms with E-state index in [9.17, 15) is 4.79 Å². The van der Waals surface area contributed by atoms with Gasteiger partial charge < -0.3 is 15.2 Å². The lowest BCUT2D eigenvalue weighted by Gasteiger charge is -2.25. The molecule has 0 rings (SSSR count). The highest BCUT2D eigenvalue weighted by molar-refractivity contribution is 5.80. The zero-order valence-electron chi connectivity index (χ0n) is 12.5. The molecule has 4 nitrogen and oxygen atoms in total. The van der Waals surface area contributed by atoms with E-state index in [0.29, 0.717) is 18.9 Å². The maximum Gasteiger partial charge on any atom is 0.325 e. The molecule has 108 valence electrons. The molecule has 2 unspecified atom stereocenters. The van der Waals surface area contributed by atoms with E-state index in [1.54, 1.807) is 13.8 Å². The average Bonchev–Trinajstić information content (AvgIpc) is 2.24. The Morgan fingerprint density at radius 3 is 2.44 bits per heavy atom. The van der Waals surface area contributed by atoms with Gasteiger partial charge in [0.15, 0.2) is 0 Å². The Hall–Kier alpha value is -0.610. The van der Waals surface area contributed by atoms with Crippen molar-refractivity contribution in [1.82, 2.24) is 0 Å². The third kappa shape index (κ3) is 7.67. The second kappa shape index (κ2) is 8.48. The van der Waals surface area contributed by atoms with Crippen LogP contribution in [-0.2, 0) is 14.3 Å². The molecular weight excluding hydrogens is 230 g/mol. The van der Waals surface area contributed by atoms with Crippen molar-refractivity contribution >= 4 is 5.97 Å². The zero-order chi connectivity index (χ0) is 14.2. The molecule has 0 aromatic carbocycles. The van der Waals surface area contributed by atoms with Gasteiger partial charge in [0.05, 0.1) is 12.7 Å².